The molecule has 2 aliphatic rings. The highest BCUT2D eigenvalue weighted by atomic mass is 28.3. The second kappa shape index (κ2) is 17.6. The molecule has 1 saturated heterocycles. The summed E-state index contributed by atoms with van der Waals surface area (Å²) in [6, 6.07) is 20.2. The van der Waals surface area contributed by atoms with Crippen LogP contribution in [0.15, 0.2) is 72.8 Å². The van der Waals surface area contributed by atoms with E-state index in [9.17, 15) is 24.0 Å². The molecule has 1 aliphatic heterocycles. The molecule has 4 atom stereocenters. The van der Waals surface area contributed by atoms with E-state index in [1.807, 2.05) is 36.4 Å². The van der Waals surface area contributed by atoms with Crippen LogP contribution in [0.1, 0.15) is 84.8 Å². The van der Waals surface area contributed by atoms with Crippen LogP contribution in [0.2, 0.25) is 19.1 Å². The van der Waals surface area contributed by atoms with Crippen molar-refractivity contribution < 1.29 is 33.4 Å². The number of carbonyl (C=O) groups is 5. The van der Waals surface area contributed by atoms with Gasteiger partial charge in [0.1, 0.15) is 23.7 Å². The summed E-state index contributed by atoms with van der Waals surface area (Å²) in [4.78, 5) is 70.1. The maximum Gasteiger partial charge on any atom is 0.410 e. The number of fused-ring (bicyclic) bond motifs is 1. The minimum absolute atomic E-state index is 0.129. The molecular formula is C44H54N4O7Si. The molecule has 11 nitrogen and oxygen atoms in total. The predicted molar refractivity (Wildman–Crippen MR) is 217 cm³/mol. The van der Waals surface area contributed by atoms with Gasteiger partial charge in [0.15, 0.2) is 0 Å². The first-order chi connectivity index (χ1) is 26.4. The Morgan fingerprint density at radius 3 is 2.20 bits per heavy atom. The van der Waals surface area contributed by atoms with Crippen molar-refractivity contribution in [1.82, 2.24) is 20.4 Å². The number of rotatable bonds is 9. The molecule has 296 valence electrons. The molecular weight excluding hydrogens is 725 g/mol. The summed E-state index contributed by atoms with van der Waals surface area (Å²) in [6.45, 7) is 11.2. The maximum atomic E-state index is 14.7. The SMILES string of the molecule is COC(=O)c1ccc(C#Cc2ccc(CC(NC(=O)[C@H](C)N(C)C(=O)OC(C)(C)C)C(=O)N3C[Si](C)(C)C[C@H]3C(=O)NC3CCCc4ccccc43)cc2)cc1. The molecule has 4 amide bonds. The van der Waals surface area contributed by atoms with Crippen molar-refractivity contribution in [3.05, 3.63) is 106 Å². The van der Waals surface area contributed by atoms with Gasteiger partial charge in [-0.15, -0.1) is 0 Å². The third-order valence-corrected chi connectivity index (χ3v) is 13.0. The zero-order valence-corrected chi connectivity index (χ0v) is 34.7. The predicted octanol–water partition coefficient (Wildman–Crippen LogP) is 5.81. The molecule has 2 unspecified atom stereocenters. The molecule has 3 aromatic carbocycles. The standard InChI is InChI=1S/C44H54N4O7Si/c1-29(47(5)43(53)55-44(2,3)4)39(49)46-37(26-32-20-18-30(19-21-32)16-17-31-22-24-34(25-23-31)42(52)54-6)41(51)48-28-56(7,8)27-38(48)40(50)45-36-15-11-13-33-12-9-10-14-35(33)36/h9-10,12,14,18-25,29,36-38H,11,13,15,26-28H2,1-8H3,(H,45,50)(H,46,49)/t29-,36?,37?,38-/m0/s1. The number of ether oxygens (including phenoxy) is 2. The number of nitrogens with one attached hydrogen (secondary N) is 2. The first-order valence-corrected chi connectivity index (χ1v) is 22.6. The lowest BCUT2D eigenvalue weighted by Gasteiger charge is -2.33. The second-order valence-electron chi connectivity index (χ2n) is 16.6. The third kappa shape index (κ3) is 10.7. The van der Waals surface area contributed by atoms with Crippen LogP contribution in [0.3, 0.4) is 0 Å². The summed E-state index contributed by atoms with van der Waals surface area (Å²) >= 11 is 0. The Hall–Kier alpha value is -5.41. The minimum Gasteiger partial charge on any atom is -0.465 e. The molecule has 5 rings (SSSR count). The van der Waals surface area contributed by atoms with Gasteiger partial charge in [-0.2, -0.15) is 0 Å². The summed E-state index contributed by atoms with van der Waals surface area (Å²) in [7, 11) is 0.804. The molecule has 0 bridgehead atoms. The maximum absolute atomic E-state index is 14.7. The lowest BCUT2D eigenvalue weighted by atomic mass is 9.87. The van der Waals surface area contributed by atoms with E-state index < -0.39 is 49.8 Å². The number of carbonyl (C=O) groups excluding carboxylic acids is 5. The molecule has 1 fully saturated rings. The molecule has 0 saturated carbocycles. The molecule has 12 heteroatoms. The van der Waals surface area contributed by atoms with Crippen LogP contribution in [-0.4, -0.2) is 91.7 Å². The van der Waals surface area contributed by atoms with Gasteiger partial charge in [0, 0.05) is 30.8 Å². The number of aryl methyl sites for hydroxylation is 1. The molecule has 2 N–H and O–H groups in total. The van der Waals surface area contributed by atoms with E-state index in [1.54, 1.807) is 56.9 Å². The highest BCUT2D eigenvalue weighted by molar-refractivity contribution is 6.79. The lowest BCUT2D eigenvalue weighted by molar-refractivity contribution is -0.141. The van der Waals surface area contributed by atoms with Gasteiger partial charge in [0.25, 0.3) is 0 Å². The monoisotopic (exact) mass is 778 g/mol. The average molecular weight is 779 g/mol. The fourth-order valence-electron chi connectivity index (χ4n) is 7.18. The van der Waals surface area contributed by atoms with Crippen LogP contribution in [0.5, 0.6) is 0 Å². The Morgan fingerprint density at radius 2 is 1.57 bits per heavy atom. The molecule has 3 aromatic rings. The second-order valence-corrected chi connectivity index (χ2v) is 21.6. The highest BCUT2D eigenvalue weighted by Crippen LogP contribution is 2.32. The normalized spacial score (nSPS) is 18.2. The van der Waals surface area contributed by atoms with E-state index in [-0.39, 0.29) is 24.3 Å². The fourth-order valence-corrected chi connectivity index (χ4v) is 10.1. The van der Waals surface area contributed by atoms with Crippen molar-refractivity contribution in [3.8, 4) is 11.8 Å². The van der Waals surface area contributed by atoms with Crippen molar-refractivity contribution in [2.24, 2.45) is 0 Å². The van der Waals surface area contributed by atoms with E-state index in [4.69, 9.17) is 9.47 Å². The van der Waals surface area contributed by atoms with Gasteiger partial charge in [-0.1, -0.05) is 61.3 Å². The van der Waals surface area contributed by atoms with Gasteiger partial charge in [-0.05, 0) is 106 Å². The van der Waals surface area contributed by atoms with Gasteiger partial charge in [-0.3, -0.25) is 19.3 Å². The van der Waals surface area contributed by atoms with Crippen molar-refractivity contribution in [3.63, 3.8) is 0 Å². The van der Waals surface area contributed by atoms with Crippen LogP contribution in [0.25, 0.3) is 0 Å². The van der Waals surface area contributed by atoms with Crippen molar-refractivity contribution in [2.75, 3.05) is 20.3 Å². The summed E-state index contributed by atoms with van der Waals surface area (Å²) in [6.07, 6.45) is 2.73. The Labute approximate surface area is 331 Å². The van der Waals surface area contributed by atoms with Crippen LogP contribution >= 0.6 is 0 Å². The first-order valence-electron chi connectivity index (χ1n) is 19.2. The number of esters is 1. The van der Waals surface area contributed by atoms with E-state index in [0.717, 1.165) is 41.5 Å². The number of nitrogens with zero attached hydrogens (tertiary/aromatic N) is 2. The van der Waals surface area contributed by atoms with E-state index >= 15 is 0 Å². The topological polar surface area (TPSA) is 134 Å². The highest BCUT2D eigenvalue weighted by Gasteiger charge is 2.47. The van der Waals surface area contributed by atoms with Gasteiger partial charge in [-0.25, -0.2) is 9.59 Å². The zero-order chi connectivity index (χ0) is 40.8. The summed E-state index contributed by atoms with van der Waals surface area (Å²) in [5.41, 5.74) is 4.28. The Kier molecular flexibility index (Phi) is 13.1. The van der Waals surface area contributed by atoms with Crippen molar-refractivity contribution in [1.29, 1.82) is 0 Å². The van der Waals surface area contributed by atoms with Crippen LogP contribution in [0, 0.1) is 11.8 Å². The number of hydrogen-bond acceptors (Lipinski definition) is 7. The van der Waals surface area contributed by atoms with Crippen molar-refractivity contribution in [2.45, 2.75) is 102 Å². The lowest BCUT2D eigenvalue weighted by Crippen LogP contribution is -2.57. The largest absolute Gasteiger partial charge is 0.465 e. The molecule has 0 aromatic heterocycles. The van der Waals surface area contributed by atoms with Crippen LogP contribution in [0.4, 0.5) is 4.79 Å². The smallest absolute Gasteiger partial charge is 0.410 e. The third-order valence-electron chi connectivity index (χ3n) is 10.3. The van der Waals surface area contributed by atoms with Gasteiger partial charge in [0.05, 0.1) is 26.8 Å². The number of amides is 4. The van der Waals surface area contributed by atoms with E-state index in [2.05, 4.69) is 47.7 Å². The molecule has 1 heterocycles. The number of hydrogen-bond donors (Lipinski definition) is 2. The Balaban J connectivity index is 1.37. The number of methoxy groups -OCH3 is 1. The van der Waals surface area contributed by atoms with Crippen LogP contribution < -0.4 is 10.6 Å². The zero-order valence-electron chi connectivity index (χ0n) is 33.7. The fraction of sp³-hybridized carbons (Fsp3) is 0.432. The number of benzene rings is 3. The molecule has 56 heavy (non-hydrogen) atoms. The molecule has 0 spiro atoms. The van der Waals surface area contributed by atoms with Gasteiger partial charge >= 0.3 is 12.1 Å². The Bertz CT molecular complexity index is 2000. The average Bonchev–Trinajstić information content (AvgIpc) is 3.51. The number of likely N-dealkylation sites (N-methyl/N-ethyl adjacent to an activating group) is 1. The van der Waals surface area contributed by atoms with E-state index in [0.29, 0.717) is 17.8 Å². The van der Waals surface area contributed by atoms with Crippen molar-refractivity contribution >= 4 is 37.9 Å². The Morgan fingerprint density at radius 1 is 0.946 bits per heavy atom. The van der Waals surface area contributed by atoms with E-state index in [1.165, 1.54) is 24.6 Å². The summed E-state index contributed by atoms with van der Waals surface area (Å²) < 4.78 is 10.2. The van der Waals surface area contributed by atoms with Crippen LogP contribution in [-0.2, 0) is 36.7 Å². The first kappa shape index (κ1) is 41.7. The minimum atomic E-state index is -2.02. The summed E-state index contributed by atoms with van der Waals surface area (Å²) in [5, 5.41) is 6.23. The summed E-state index contributed by atoms with van der Waals surface area (Å²) in [5.74, 6) is 4.76. The van der Waals surface area contributed by atoms with Gasteiger partial charge < -0.3 is 25.0 Å². The van der Waals surface area contributed by atoms with Gasteiger partial charge in [0.2, 0.25) is 17.7 Å². The molecule has 1 aliphatic carbocycles. The quantitative estimate of drug-likeness (QED) is 0.159. The molecule has 0 radical (unpaired) electrons.